The predicted octanol–water partition coefficient (Wildman–Crippen LogP) is 6.01. The molecule has 5 aliphatic rings. The number of hydrogen-bond acceptors (Lipinski definition) is 5. The minimum atomic E-state index is -0.727. The zero-order chi connectivity index (χ0) is 24.8. The molecule has 0 amide bonds. The highest BCUT2D eigenvalue weighted by Crippen LogP contribution is 2.70. The van der Waals surface area contributed by atoms with Crippen LogP contribution in [0.4, 0.5) is 0 Å². The molecule has 1 aromatic heterocycles. The van der Waals surface area contributed by atoms with Crippen molar-refractivity contribution in [1.82, 2.24) is 4.90 Å². The molecule has 1 N–H and O–H groups in total. The maximum Gasteiger partial charge on any atom is 0.0983 e. The van der Waals surface area contributed by atoms with Crippen LogP contribution < -0.4 is 0 Å². The lowest BCUT2D eigenvalue weighted by Gasteiger charge is -2.61. The highest BCUT2D eigenvalue weighted by molar-refractivity contribution is 5.26. The Bertz CT molecular complexity index is 868. The van der Waals surface area contributed by atoms with E-state index in [0.717, 1.165) is 68.9 Å². The zero-order valence-corrected chi connectivity index (χ0v) is 22.8. The Balaban J connectivity index is 1.02. The molecule has 4 saturated carbocycles. The summed E-state index contributed by atoms with van der Waals surface area (Å²) in [5.41, 5.74) is 0.682. The topological polar surface area (TPSA) is 55.1 Å². The number of likely N-dealkylation sites (tertiary alicyclic amines) is 1. The Morgan fingerprint density at radius 2 is 1.81 bits per heavy atom. The molecule has 1 saturated heterocycles. The second-order valence-corrected chi connectivity index (χ2v) is 13.5. The molecule has 1 aromatic rings. The summed E-state index contributed by atoms with van der Waals surface area (Å²) in [5, 5.41) is 11.9. The number of furan rings is 1. The van der Waals surface area contributed by atoms with Gasteiger partial charge in [0.1, 0.15) is 0 Å². The van der Waals surface area contributed by atoms with Crippen LogP contribution in [0.25, 0.3) is 0 Å². The van der Waals surface area contributed by atoms with Crippen molar-refractivity contribution in [1.29, 1.82) is 0 Å². The maximum absolute atomic E-state index is 11.9. The standard InChI is InChI=1S/C31H49NO4/c1-29-11-7-25(36-20-19-34-18-16-32-14-3-4-15-32)21-23(29)5-6-26-27(29)8-12-30(2)28(26)9-13-31(30,33)24-10-17-35-22-24/h10,17,22-23,25-28,33H,3-9,11-16,18-21H2,1-2H3/t23?,25?,26-,27-,28+,29+,30+,31?/m1/s1. The van der Waals surface area contributed by atoms with Crippen LogP contribution in [0.1, 0.15) is 90.0 Å². The monoisotopic (exact) mass is 499 g/mol. The maximum atomic E-state index is 11.9. The lowest BCUT2D eigenvalue weighted by molar-refractivity contribution is -0.165. The fraction of sp³-hybridized carbons (Fsp3) is 0.871. The lowest BCUT2D eigenvalue weighted by atomic mass is 9.44. The third-order valence-corrected chi connectivity index (χ3v) is 12.1. The summed E-state index contributed by atoms with van der Waals surface area (Å²) in [7, 11) is 0. The minimum absolute atomic E-state index is 0.0314. The van der Waals surface area contributed by atoms with Crippen molar-refractivity contribution in [3.8, 4) is 0 Å². The number of aliphatic hydroxyl groups is 1. The van der Waals surface area contributed by atoms with Gasteiger partial charge in [-0.05, 0) is 119 Å². The van der Waals surface area contributed by atoms with Crippen molar-refractivity contribution in [3.63, 3.8) is 0 Å². The van der Waals surface area contributed by atoms with Gasteiger partial charge in [-0.25, -0.2) is 0 Å². The van der Waals surface area contributed by atoms with Crippen LogP contribution in [0.5, 0.6) is 0 Å². The third kappa shape index (κ3) is 4.21. The quantitative estimate of drug-likeness (QED) is 0.444. The number of fused-ring (bicyclic) bond motifs is 5. The van der Waals surface area contributed by atoms with E-state index in [-0.39, 0.29) is 5.41 Å². The average Bonchev–Trinajstić information content (AvgIpc) is 3.64. The first-order chi connectivity index (χ1) is 17.4. The first-order valence-electron chi connectivity index (χ1n) is 15.1. The summed E-state index contributed by atoms with van der Waals surface area (Å²) in [6, 6.07) is 2.00. The summed E-state index contributed by atoms with van der Waals surface area (Å²) in [5.74, 6) is 2.97. The Labute approximate surface area is 218 Å². The van der Waals surface area contributed by atoms with Crippen LogP contribution >= 0.6 is 0 Å². The Morgan fingerprint density at radius 1 is 0.972 bits per heavy atom. The van der Waals surface area contributed by atoms with E-state index in [4.69, 9.17) is 13.9 Å². The van der Waals surface area contributed by atoms with Gasteiger partial charge in [0.05, 0.1) is 44.1 Å². The van der Waals surface area contributed by atoms with Crippen molar-refractivity contribution in [2.75, 3.05) is 39.5 Å². The van der Waals surface area contributed by atoms with Gasteiger partial charge >= 0.3 is 0 Å². The molecule has 5 fully saturated rings. The van der Waals surface area contributed by atoms with E-state index in [0.29, 0.717) is 17.4 Å². The van der Waals surface area contributed by atoms with Gasteiger partial charge in [-0.2, -0.15) is 0 Å². The van der Waals surface area contributed by atoms with Crippen LogP contribution in [-0.2, 0) is 15.1 Å². The van der Waals surface area contributed by atoms with E-state index in [1.807, 2.05) is 6.07 Å². The van der Waals surface area contributed by atoms with Crippen molar-refractivity contribution >= 4 is 0 Å². The van der Waals surface area contributed by atoms with E-state index in [1.165, 1.54) is 64.5 Å². The normalized spacial score (nSPS) is 44.8. The molecule has 1 aliphatic heterocycles. The fourth-order valence-electron chi connectivity index (χ4n) is 9.94. The molecule has 2 heterocycles. The van der Waals surface area contributed by atoms with Crippen LogP contribution in [0.3, 0.4) is 0 Å². The molecular formula is C31H49NO4. The van der Waals surface area contributed by atoms with Crippen LogP contribution in [-0.4, -0.2) is 55.6 Å². The number of rotatable bonds is 8. The number of nitrogens with zero attached hydrogens (tertiary/aromatic N) is 1. The van der Waals surface area contributed by atoms with Gasteiger partial charge in [0.2, 0.25) is 0 Å². The molecule has 0 radical (unpaired) electrons. The molecule has 8 atom stereocenters. The van der Waals surface area contributed by atoms with Gasteiger partial charge in [0, 0.05) is 17.5 Å². The Kier molecular flexibility index (Phi) is 7.07. The SMILES string of the molecule is C[C@]12CCC(OCCOCCN3CCCC3)CC1CC[C@@H]1[C@H]2CC[C@@]2(C)[C@H]1CCC2(O)c1ccoc1. The average molecular weight is 500 g/mol. The molecular weight excluding hydrogens is 450 g/mol. The summed E-state index contributed by atoms with van der Waals surface area (Å²) >= 11 is 0. The Hall–Kier alpha value is -0.880. The highest BCUT2D eigenvalue weighted by Gasteiger charge is 2.65. The zero-order valence-electron chi connectivity index (χ0n) is 22.8. The molecule has 0 spiro atoms. The van der Waals surface area contributed by atoms with Gasteiger partial charge < -0.3 is 23.9 Å². The summed E-state index contributed by atoms with van der Waals surface area (Å²) in [6.45, 7) is 10.9. The molecule has 5 heteroatoms. The van der Waals surface area contributed by atoms with Gasteiger partial charge in [0.15, 0.2) is 0 Å². The molecule has 0 bridgehead atoms. The third-order valence-electron chi connectivity index (χ3n) is 12.1. The number of hydrogen-bond donors (Lipinski definition) is 1. The number of ether oxygens (including phenoxy) is 2. The van der Waals surface area contributed by atoms with Gasteiger partial charge in [-0.1, -0.05) is 13.8 Å². The highest BCUT2D eigenvalue weighted by atomic mass is 16.5. The largest absolute Gasteiger partial charge is 0.472 e. The predicted molar refractivity (Wildman–Crippen MR) is 141 cm³/mol. The summed E-state index contributed by atoms with van der Waals surface area (Å²) in [4.78, 5) is 2.51. The summed E-state index contributed by atoms with van der Waals surface area (Å²) < 4.78 is 17.6. The van der Waals surface area contributed by atoms with E-state index >= 15 is 0 Å². The van der Waals surface area contributed by atoms with Gasteiger partial charge in [-0.15, -0.1) is 0 Å². The van der Waals surface area contributed by atoms with Crippen molar-refractivity contribution < 1.29 is 19.0 Å². The smallest absolute Gasteiger partial charge is 0.0983 e. The molecule has 6 rings (SSSR count). The second-order valence-electron chi connectivity index (χ2n) is 13.5. The van der Waals surface area contributed by atoms with E-state index in [9.17, 15) is 5.11 Å². The van der Waals surface area contributed by atoms with Gasteiger partial charge in [-0.3, -0.25) is 0 Å². The molecule has 3 unspecified atom stereocenters. The van der Waals surface area contributed by atoms with Crippen molar-refractivity contribution in [3.05, 3.63) is 24.2 Å². The van der Waals surface area contributed by atoms with E-state index in [2.05, 4.69) is 18.7 Å². The molecule has 4 aliphatic carbocycles. The van der Waals surface area contributed by atoms with Gasteiger partial charge in [0.25, 0.3) is 0 Å². The second kappa shape index (κ2) is 10.0. The fourth-order valence-corrected chi connectivity index (χ4v) is 9.94. The van der Waals surface area contributed by atoms with Crippen LogP contribution in [0.2, 0.25) is 0 Å². The van der Waals surface area contributed by atoms with E-state index < -0.39 is 5.60 Å². The summed E-state index contributed by atoms with van der Waals surface area (Å²) in [6.07, 6.45) is 17.5. The lowest BCUT2D eigenvalue weighted by Crippen LogP contribution is -2.56. The van der Waals surface area contributed by atoms with E-state index in [1.54, 1.807) is 12.5 Å². The minimum Gasteiger partial charge on any atom is -0.472 e. The molecule has 202 valence electrons. The van der Waals surface area contributed by atoms with Crippen molar-refractivity contribution in [2.45, 2.75) is 96.2 Å². The first kappa shape index (κ1) is 25.4. The molecule has 36 heavy (non-hydrogen) atoms. The molecule has 0 aromatic carbocycles. The van der Waals surface area contributed by atoms with Crippen LogP contribution in [0, 0.1) is 34.5 Å². The first-order valence-corrected chi connectivity index (χ1v) is 15.1. The Morgan fingerprint density at radius 3 is 2.61 bits per heavy atom. The van der Waals surface area contributed by atoms with Crippen LogP contribution in [0.15, 0.2) is 23.0 Å². The molecule has 5 nitrogen and oxygen atoms in total. The van der Waals surface area contributed by atoms with Crippen molar-refractivity contribution in [2.24, 2.45) is 34.5 Å².